The van der Waals surface area contributed by atoms with Gasteiger partial charge >= 0.3 is 0 Å². The number of hydrogen-bond donors (Lipinski definition) is 1. The van der Waals surface area contributed by atoms with Gasteiger partial charge in [0.2, 0.25) is 0 Å². The molecule has 0 radical (unpaired) electrons. The van der Waals surface area contributed by atoms with E-state index < -0.39 is 0 Å². The minimum absolute atomic E-state index is 0.806. The first-order valence-corrected chi connectivity index (χ1v) is 8.83. The number of anilines is 1. The van der Waals surface area contributed by atoms with E-state index in [1.165, 1.54) is 5.56 Å². The third-order valence-electron chi connectivity index (χ3n) is 4.00. The van der Waals surface area contributed by atoms with E-state index >= 15 is 0 Å². The van der Waals surface area contributed by atoms with Crippen molar-refractivity contribution in [2.75, 3.05) is 11.9 Å². The molecule has 4 rings (SSSR count). The Balaban J connectivity index is 1.54. The standard InChI is InChI=1S/C19H16BrN5/c20-16-4-2-1-3-14(16)9-12-22-18-5-6-19-23-13-17(25(19)24-18)15-7-10-21-11-8-15/h1-8,10-11,13H,9,12H2,(H,22,24). The Bertz CT molecular complexity index is 997. The highest BCUT2D eigenvalue weighted by atomic mass is 79.9. The van der Waals surface area contributed by atoms with Crippen molar-refractivity contribution in [3.8, 4) is 11.3 Å². The quantitative estimate of drug-likeness (QED) is 0.551. The van der Waals surface area contributed by atoms with Crippen LogP contribution in [0.3, 0.4) is 0 Å². The van der Waals surface area contributed by atoms with Crippen molar-refractivity contribution in [3.63, 3.8) is 0 Å². The highest BCUT2D eigenvalue weighted by Crippen LogP contribution is 2.20. The predicted octanol–water partition coefficient (Wildman–Crippen LogP) is 4.21. The fourth-order valence-corrected chi connectivity index (χ4v) is 3.20. The van der Waals surface area contributed by atoms with Crippen LogP contribution >= 0.6 is 15.9 Å². The molecule has 0 aliphatic heterocycles. The third-order valence-corrected chi connectivity index (χ3v) is 4.77. The summed E-state index contributed by atoms with van der Waals surface area (Å²) in [5.74, 6) is 0.827. The number of nitrogens with one attached hydrogen (secondary N) is 1. The van der Waals surface area contributed by atoms with Crippen molar-refractivity contribution in [1.82, 2.24) is 19.6 Å². The molecule has 1 N–H and O–H groups in total. The maximum Gasteiger partial charge on any atom is 0.154 e. The van der Waals surface area contributed by atoms with Crippen LogP contribution in [0.5, 0.6) is 0 Å². The maximum atomic E-state index is 4.68. The smallest absolute Gasteiger partial charge is 0.154 e. The average Bonchev–Trinajstić information content (AvgIpc) is 3.07. The molecule has 0 bridgehead atoms. The second kappa shape index (κ2) is 7.03. The van der Waals surface area contributed by atoms with Gasteiger partial charge in [-0.15, -0.1) is 5.10 Å². The molecule has 124 valence electrons. The Labute approximate surface area is 153 Å². The summed E-state index contributed by atoms with van der Waals surface area (Å²) >= 11 is 3.58. The van der Waals surface area contributed by atoms with E-state index in [1.54, 1.807) is 12.4 Å². The number of imidazole rings is 1. The lowest BCUT2D eigenvalue weighted by atomic mass is 10.1. The van der Waals surface area contributed by atoms with Crippen LogP contribution in [0.15, 0.2) is 71.6 Å². The molecule has 0 saturated heterocycles. The lowest BCUT2D eigenvalue weighted by Gasteiger charge is -2.08. The van der Waals surface area contributed by atoms with E-state index in [0.717, 1.165) is 40.2 Å². The van der Waals surface area contributed by atoms with Gasteiger partial charge in [-0.3, -0.25) is 4.98 Å². The second-order valence-corrected chi connectivity index (χ2v) is 6.49. The summed E-state index contributed by atoms with van der Waals surface area (Å²) in [5, 5.41) is 8.06. The fourth-order valence-electron chi connectivity index (χ4n) is 2.71. The molecule has 0 atom stereocenters. The van der Waals surface area contributed by atoms with Gasteiger partial charge in [0.25, 0.3) is 0 Å². The number of fused-ring (bicyclic) bond motifs is 1. The summed E-state index contributed by atoms with van der Waals surface area (Å²) < 4.78 is 2.99. The lowest BCUT2D eigenvalue weighted by Crippen LogP contribution is -2.08. The summed E-state index contributed by atoms with van der Waals surface area (Å²) in [7, 11) is 0. The van der Waals surface area contributed by atoms with Crippen LogP contribution in [-0.2, 0) is 6.42 Å². The minimum Gasteiger partial charge on any atom is -0.368 e. The van der Waals surface area contributed by atoms with E-state index in [4.69, 9.17) is 0 Å². The Morgan fingerprint density at radius 2 is 1.84 bits per heavy atom. The number of hydrogen-bond acceptors (Lipinski definition) is 4. The van der Waals surface area contributed by atoms with Gasteiger partial charge in [0, 0.05) is 29.0 Å². The number of benzene rings is 1. The SMILES string of the molecule is Brc1ccccc1CCNc1ccc2ncc(-c3ccncc3)n2n1. The van der Waals surface area contributed by atoms with Crippen LogP contribution in [0.25, 0.3) is 16.9 Å². The molecule has 0 spiro atoms. The van der Waals surface area contributed by atoms with E-state index in [1.807, 2.05) is 41.0 Å². The largest absolute Gasteiger partial charge is 0.368 e. The molecule has 4 aromatic rings. The summed E-state index contributed by atoms with van der Waals surface area (Å²) in [6.07, 6.45) is 6.30. The zero-order chi connectivity index (χ0) is 17.1. The first kappa shape index (κ1) is 15.8. The number of aromatic nitrogens is 4. The minimum atomic E-state index is 0.806. The van der Waals surface area contributed by atoms with Crippen molar-refractivity contribution >= 4 is 27.4 Å². The van der Waals surface area contributed by atoms with Crippen molar-refractivity contribution in [1.29, 1.82) is 0 Å². The van der Waals surface area contributed by atoms with Crippen LogP contribution in [-0.4, -0.2) is 26.1 Å². The normalized spacial score (nSPS) is 10.9. The van der Waals surface area contributed by atoms with Gasteiger partial charge in [0.05, 0.1) is 11.9 Å². The monoisotopic (exact) mass is 393 g/mol. The topological polar surface area (TPSA) is 55.1 Å². The van der Waals surface area contributed by atoms with Gasteiger partial charge in [-0.2, -0.15) is 0 Å². The van der Waals surface area contributed by atoms with E-state index in [2.05, 4.69) is 54.5 Å². The highest BCUT2D eigenvalue weighted by Gasteiger charge is 2.08. The van der Waals surface area contributed by atoms with Crippen molar-refractivity contribution < 1.29 is 0 Å². The Kier molecular flexibility index (Phi) is 4.43. The lowest BCUT2D eigenvalue weighted by molar-refractivity contribution is 0.919. The molecule has 0 saturated carbocycles. The molecule has 1 aromatic carbocycles. The van der Waals surface area contributed by atoms with E-state index in [-0.39, 0.29) is 0 Å². The molecule has 0 aliphatic rings. The average molecular weight is 394 g/mol. The number of rotatable bonds is 5. The summed E-state index contributed by atoms with van der Waals surface area (Å²) in [6.45, 7) is 0.806. The molecule has 0 amide bonds. The molecule has 3 aromatic heterocycles. The van der Waals surface area contributed by atoms with Crippen LogP contribution in [0, 0.1) is 0 Å². The third kappa shape index (κ3) is 3.39. The number of pyridine rings is 1. The number of halogens is 1. The van der Waals surface area contributed by atoms with Gasteiger partial charge in [-0.05, 0) is 42.3 Å². The number of nitrogens with zero attached hydrogens (tertiary/aromatic N) is 4. The predicted molar refractivity (Wildman–Crippen MR) is 103 cm³/mol. The van der Waals surface area contributed by atoms with E-state index in [9.17, 15) is 0 Å². The van der Waals surface area contributed by atoms with Crippen molar-refractivity contribution in [2.45, 2.75) is 6.42 Å². The van der Waals surface area contributed by atoms with Gasteiger partial charge < -0.3 is 5.32 Å². The Morgan fingerprint density at radius 3 is 2.68 bits per heavy atom. The Hall–Kier alpha value is -2.73. The van der Waals surface area contributed by atoms with Crippen LogP contribution in [0.1, 0.15) is 5.56 Å². The van der Waals surface area contributed by atoms with Crippen LogP contribution in [0.2, 0.25) is 0 Å². The zero-order valence-corrected chi connectivity index (χ0v) is 15.0. The first-order valence-electron chi connectivity index (χ1n) is 8.04. The maximum absolute atomic E-state index is 4.68. The molecule has 25 heavy (non-hydrogen) atoms. The summed E-state index contributed by atoms with van der Waals surface area (Å²) in [5.41, 5.74) is 4.09. The molecule has 6 heteroatoms. The van der Waals surface area contributed by atoms with Gasteiger partial charge in [-0.25, -0.2) is 9.50 Å². The molecule has 0 aliphatic carbocycles. The summed E-state index contributed by atoms with van der Waals surface area (Å²) in [4.78, 5) is 8.48. The first-order chi connectivity index (χ1) is 12.3. The molecule has 5 nitrogen and oxygen atoms in total. The van der Waals surface area contributed by atoms with Crippen molar-refractivity contribution in [2.24, 2.45) is 0 Å². The highest BCUT2D eigenvalue weighted by molar-refractivity contribution is 9.10. The van der Waals surface area contributed by atoms with Crippen LogP contribution < -0.4 is 5.32 Å². The molecular weight excluding hydrogens is 378 g/mol. The molecule has 3 heterocycles. The zero-order valence-electron chi connectivity index (χ0n) is 13.4. The second-order valence-electron chi connectivity index (χ2n) is 5.64. The molecular formula is C19H16BrN5. The van der Waals surface area contributed by atoms with Gasteiger partial charge in [0.1, 0.15) is 5.82 Å². The van der Waals surface area contributed by atoms with E-state index in [0.29, 0.717) is 0 Å². The molecule has 0 unspecified atom stereocenters. The van der Waals surface area contributed by atoms with Gasteiger partial charge in [0.15, 0.2) is 5.65 Å². The van der Waals surface area contributed by atoms with Crippen LogP contribution in [0.4, 0.5) is 5.82 Å². The Morgan fingerprint density at radius 1 is 1.00 bits per heavy atom. The van der Waals surface area contributed by atoms with Gasteiger partial charge in [-0.1, -0.05) is 34.1 Å². The molecule has 0 fully saturated rings. The van der Waals surface area contributed by atoms with Crippen molar-refractivity contribution in [3.05, 3.63) is 77.2 Å². The summed E-state index contributed by atoms with van der Waals surface area (Å²) in [6, 6.07) is 16.1. The fraction of sp³-hybridized carbons (Fsp3) is 0.105.